The summed E-state index contributed by atoms with van der Waals surface area (Å²) in [5.74, 6) is 0.747. The first kappa shape index (κ1) is 13.7. The number of methoxy groups -OCH3 is 1. The Morgan fingerprint density at radius 1 is 1.40 bits per heavy atom. The molecule has 4 nitrogen and oxygen atoms in total. The molecule has 0 bridgehead atoms. The van der Waals surface area contributed by atoms with Crippen LogP contribution in [0.3, 0.4) is 0 Å². The van der Waals surface area contributed by atoms with Crippen molar-refractivity contribution in [3.63, 3.8) is 0 Å². The number of nitrogens with one attached hydrogen (secondary N) is 1. The average molecular weight is 231 g/mol. The van der Waals surface area contributed by atoms with Gasteiger partial charge in [-0.05, 0) is 12.1 Å². The molecule has 0 heterocycles. The third-order valence-corrected chi connectivity index (χ3v) is 1.70. The highest BCUT2D eigenvalue weighted by molar-refractivity contribution is 5.95. The number of ether oxygens (including phenoxy) is 2. The summed E-state index contributed by atoms with van der Waals surface area (Å²) in [6, 6.07) is 7.13. The Labute approximate surface area is 95.3 Å². The van der Waals surface area contributed by atoms with Crippen LogP contribution >= 0.6 is 12.4 Å². The van der Waals surface area contributed by atoms with Crippen LogP contribution in [-0.4, -0.2) is 26.2 Å². The number of hydrogen-bond donors (Lipinski definition) is 2. The van der Waals surface area contributed by atoms with Crippen molar-refractivity contribution in [2.75, 3.05) is 20.3 Å². The second-order valence-corrected chi connectivity index (χ2v) is 2.78. The van der Waals surface area contributed by atoms with Gasteiger partial charge in [0.25, 0.3) is 0 Å². The van der Waals surface area contributed by atoms with Crippen LogP contribution in [0.25, 0.3) is 0 Å². The normalized spacial score (nSPS) is 9.13. The molecule has 0 aliphatic carbocycles. The van der Waals surface area contributed by atoms with E-state index in [-0.39, 0.29) is 18.2 Å². The van der Waals surface area contributed by atoms with Gasteiger partial charge in [-0.3, -0.25) is 5.41 Å². The quantitative estimate of drug-likeness (QED) is 0.457. The lowest BCUT2D eigenvalue weighted by molar-refractivity contribution is 0.146. The molecule has 1 aromatic rings. The van der Waals surface area contributed by atoms with Gasteiger partial charge in [-0.25, -0.2) is 0 Å². The van der Waals surface area contributed by atoms with Crippen LogP contribution in [0.1, 0.15) is 5.56 Å². The molecule has 0 amide bonds. The van der Waals surface area contributed by atoms with E-state index in [4.69, 9.17) is 20.6 Å². The maximum absolute atomic E-state index is 7.24. The Morgan fingerprint density at radius 2 is 2.13 bits per heavy atom. The molecule has 1 rings (SSSR count). The van der Waals surface area contributed by atoms with Crippen LogP contribution in [0.15, 0.2) is 24.3 Å². The first-order valence-corrected chi connectivity index (χ1v) is 4.30. The van der Waals surface area contributed by atoms with Crippen LogP contribution in [0.2, 0.25) is 0 Å². The molecule has 0 aromatic heterocycles. The largest absolute Gasteiger partial charge is 0.491 e. The zero-order valence-corrected chi connectivity index (χ0v) is 9.34. The molecule has 0 aliphatic heterocycles. The van der Waals surface area contributed by atoms with E-state index in [0.29, 0.717) is 24.5 Å². The molecule has 0 spiro atoms. The highest BCUT2D eigenvalue weighted by Crippen LogP contribution is 2.12. The second-order valence-electron chi connectivity index (χ2n) is 2.78. The molecule has 1 aromatic carbocycles. The van der Waals surface area contributed by atoms with Gasteiger partial charge in [0.1, 0.15) is 18.2 Å². The number of hydrogen-bond acceptors (Lipinski definition) is 3. The van der Waals surface area contributed by atoms with Crippen molar-refractivity contribution in [3.05, 3.63) is 29.8 Å². The van der Waals surface area contributed by atoms with Crippen LogP contribution in [0, 0.1) is 5.41 Å². The average Bonchev–Trinajstić information content (AvgIpc) is 2.19. The fraction of sp³-hybridized carbons (Fsp3) is 0.300. The summed E-state index contributed by atoms with van der Waals surface area (Å²) in [5.41, 5.74) is 6.01. The number of rotatable bonds is 5. The van der Waals surface area contributed by atoms with Gasteiger partial charge in [0, 0.05) is 12.7 Å². The van der Waals surface area contributed by atoms with Crippen molar-refractivity contribution in [2.24, 2.45) is 5.73 Å². The highest BCUT2D eigenvalue weighted by Gasteiger charge is 1.98. The first-order chi connectivity index (χ1) is 6.74. The molecule has 0 aliphatic rings. The summed E-state index contributed by atoms with van der Waals surface area (Å²) in [6.45, 7) is 1.04. The van der Waals surface area contributed by atoms with Gasteiger partial charge in [0.2, 0.25) is 0 Å². The standard InChI is InChI=1S/C10H14N2O2.ClH/c1-13-5-6-14-9-4-2-3-8(7-9)10(11)12;/h2-4,7H,5-6H2,1H3,(H3,11,12);1H. The fourth-order valence-electron chi connectivity index (χ4n) is 0.996. The Balaban J connectivity index is 0.00000196. The van der Waals surface area contributed by atoms with Crippen LogP contribution in [0.4, 0.5) is 0 Å². The van der Waals surface area contributed by atoms with E-state index in [1.165, 1.54) is 0 Å². The monoisotopic (exact) mass is 230 g/mol. The molecule has 84 valence electrons. The molecule has 0 saturated carbocycles. The SMILES string of the molecule is COCCOc1cccc(C(=N)N)c1.Cl. The van der Waals surface area contributed by atoms with Gasteiger partial charge < -0.3 is 15.2 Å². The van der Waals surface area contributed by atoms with E-state index in [1.54, 1.807) is 25.3 Å². The van der Waals surface area contributed by atoms with Gasteiger partial charge in [0.15, 0.2) is 0 Å². The van der Waals surface area contributed by atoms with Crippen LogP contribution < -0.4 is 10.5 Å². The Morgan fingerprint density at radius 3 is 2.73 bits per heavy atom. The van der Waals surface area contributed by atoms with E-state index in [0.717, 1.165) is 0 Å². The maximum Gasteiger partial charge on any atom is 0.122 e. The summed E-state index contributed by atoms with van der Waals surface area (Å²) in [5, 5.41) is 7.24. The number of halogens is 1. The highest BCUT2D eigenvalue weighted by atomic mass is 35.5. The molecule has 0 radical (unpaired) electrons. The summed E-state index contributed by atoms with van der Waals surface area (Å²) < 4.78 is 10.2. The van der Waals surface area contributed by atoms with E-state index < -0.39 is 0 Å². The van der Waals surface area contributed by atoms with Gasteiger partial charge in [-0.1, -0.05) is 12.1 Å². The minimum atomic E-state index is 0. The first-order valence-electron chi connectivity index (χ1n) is 4.30. The Hall–Kier alpha value is -1.26. The van der Waals surface area contributed by atoms with E-state index in [2.05, 4.69) is 0 Å². The summed E-state index contributed by atoms with van der Waals surface area (Å²) >= 11 is 0. The van der Waals surface area contributed by atoms with Gasteiger partial charge in [0.05, 0.1) is 6.61 Å². The van der Waals surface area contributed by atoms with Crippen molar-refractivity contribution in [2.45, 2.75) is 0 Å². The number of amidine groups is 1. The fourth-order valence-corrected chi connectivity index (χ4v) is 0.996. The smallest absolute Gasteiger partial charge is 0.122 e. The lowest BCUT2D eigenvalue weighted by Gasteiger charge is -2.06. The van der Waals surface area contributed by atoms with Crippen molar-refractivity contribution in [1.82, 2.24) is 0 Å². The van der Waals surface area contributed by atoms with E-state index in [9.17, 15) is 0 Å². The van der Waals surface area contributed by atoms with Crippen molar-refractivity contribution in [3.8, 4) is 5.75 Å². The summed E-state index contributed by atoms with van der Waals surface area (Å²) in [4.78, 5) is 0. The Kier molecular flexibility index (Phi) is 6.49. The minimum Gasteiger partial charge on any atom is -0.491 e. The zero-order chi connectivity index (χ0) is 10.4. The lowest BCUT2D eigenvalue weighted by atomic mass is 10.2. The molecule has 0 saturated heterocycles. The molecule has 0 atom stereocenters. The zero-order valence-electron chi connectivity index (χ0n) is 8.53. The third-order valence-electron chi connectivity index (χ3n) is 1.70. The van der Waals surface area contributed by atoms with Crippen molar-refractivity contribution in [1.29, 1.82) is 5.41 Å². The molecule has 3 N–H and O–H groups in total. The van der Waals surface area contributed by atoms with Crippen molar-refractivity contribution >= 4 is 18.2 Å². The molecule has 5 heteroatoms. The number of nitrogen functional groups attached to an aromatic ring is 1. The summed E-state index contributed by atoms with van der Waals surface area (Å²) in [6.07, 6.45) is 0. The summed E-state index contributed by atoms with van der Waals surface area (Å²) in [7, 11) is 1.62. The topological polar surface area (TPSA) is 68.3 Å². The number of benzene rings is 1. The molecular weight excluding hydrogens is 216 g/mol. The Bertz CT molecular complexity index is 318. The van der Waals surface area contributed by atoms with Gasteiger partial charge in [-0.2, -0.15) is 0 Å². The van der Waals surface area contributed by atoms with E-state index >= 15 is 0 Å². The molecule has 0 unspecified atom stereocenters. The molecule has 0 fully saturated rings. The van der Waals surface area contributed by atoms with Gasteiger partial charge in [-0.15, -0.1) is 12.4 Å². The van der Waals surface area contributed by atoms with Crippen molar-refractivity contribution < 1.29 is 9.47 Å². The van der Waals surface area contributed by atoms with E-state index in [1.807, 2.05) is 6.07 Å². The molecular formula is C10H15ClN2O2. The predicted molar refractivity (Wildman–Crippen MR) is 62.1 cm³/mol. The third kappa shape index (κ3) is 4.67. The molecule has 15 heavy (non-hydrogen) atoms. The minimum absolute atomic E-state index is 0. The van der Waals surface area contributed by atoms with Crippen LogP contribution in [0.5, 0.6) is 5.75 Å². The van der Waals surface area contributed by atoms with Gasteiger partial charge >= 0.3 is 0 Å². The maximum atomic E-state index is 7.24. The predicted octanol–water partition coefficient (Wildman–Crippen LogP) is 1.42. The lowest BCUT2D eigenvalue weighted by Crippen LogP contribution is -2.11. The second kappa shape index (κ2) is 7.09. The van der Waals surface area contributed by atoms with Crippen LogP contribution in [-0.2, 0) is 4.74 Å². The number of nitrogens with two attached hydrogens (primary N) is 1.